The van der Waals surface area contributed by atoms with Gasteiger partial charge in [0.15, 0.2) is 0 Å². The summed E-state index contributed by atoms with van der Waals surface area (Å²) in [6.07, 6.45) is 5.21. The van der Waals surface area contributed by atoms with Gasteiger partial charge in [-0.2, -0.15) is 12.7 Å². The van der Waals surface area contributed by atoms with Gasteiger partial charge in [0.2, 0.25) is 0 Å². The van der Waals surface area contributed by atoms with Gasteiger partial charge in [-0.25, -0.2) is 4.72 Å². The fraction of sp³-hybridized carbons (Fsp3) is 1.00. The minimum Gasteiger partial charge on any atom is -0.396 e. The van der Waals surface area contributed by atoms with Crippen LogP contribution in [0.3, 0.4) is 0 Å². The summed E-state index contributed by atoms with van der Waals surface area (Å²) in [5, 5.41) is 9.11. The molecule has 1 atom stereocenters. The van der Waals surface area contributed by atoms with Gasteiger partial charge in [-0.05, 0) is 51.6 Å². The zero-order valence-electron chi connectivity index (χ0n) is 13.0. The van der Waals surface area contributed by atoms with Crippen molar-refractivity contribution in [3.63, 3.8) is 0 Å². The predicted octanol–water partition coefficient (Wildman–Crippen LogP) is 0.400. The number of piperidine rings is 2. The Morgan fingerprint density at radius 1 is 1.14 bits per heavy atom. The number of aliphatic hydroxyl groups is 1. The molecule has 0 bridgehead atoms. The number of rotatable bonds is 6. The minimum atomic E-state index is -3.37. The number of hydrogen-bond donors (Lipinski definition) is 2. The Hall–Kier alpha value is -0.210. The summed E-state index contributed by atoms with van der Waals surface area (Å²) in [5.41, 5.74) is 0. The number of hydrogen-bond acceptors (Lipinski definition) is 4. The van der Waals surface area contributed by atoms with Gasteiger partial charge in [0.25, 0.3) is 10.2 Å². The molecule has 0 aromatic heterocycles. The second kappa shape index (κ2) is 7.87. The van der Waals surface area contributed by atoms with Crippen LogP contribution < -0.4 is 4.72 Å². The smallest absolute Gasteiger partial charge is 0.279 e. The van der Waals surface area contributed by atoms with Crippen LogP contribution in [0.15, 0.2) is 0 Å². The van der Waals surface area contributed by atoms with E-state index in [1.54, 1.807) is 0 Å². The zero-order chi connectivity index (χ0) is 15.3. The van der Waals surface area contributed by atoms with Crippen molar-refractivity contribution in [1.82, 2.24) is 13.9 Å². The highest BCUT2D eigenvalue weighted by molar-refractivity contribution is 7.87. The van der Waals surface area contributed by atoms with Gasteiger partial charge in [-0.1, -0.05) is 6.42 Å². The molecule has 124 valence electrons. The zero-order valence-corrected chi connectivity index (χ0v) is 13.8. The summed E-state index contributed by atoms with van der Waals surface area (Å²) in [7, 11) is -3.37. The fourth-order valence-corrected chi connectivity index (χ4v) is 4.46. The van der Waals surface area contributed by atoms with E-state index in [9.17, 15) is 8.42 Å². The van der Waals surface area contributed by atoms with Crippen LogP contribution in [0.5, 0.6) is 0 Å². The first-order valence-corrected chi connectivity index (χ1v) is 9.56. The van der Waals surface area contributed by atoms with Crippen molar-refractivity contribution < 1.29 is 13.5 Å². The molecular formula is C14H29N3O3S. The van der Waals surface area contributed by atoms with E-state index in [0.29, 0.717) is 19.6 Å². The monoisotopic (exact) mass is 319 g/mol. The second-order valence-electron chi connectivity index (χ2n) is 6.32. The van der Waals surface area contributed by atoms with E-state index >= 15 is 0 Å². The normalized spacial score (nSPS) is 25.0. The van der Waals surface area contributed by atoms with E-state index < -0.39 is 10.2 Å². The Balaban J connectivity index is 1.78. The maximum atomic E-state index is 12.3. The molecular weight excluding hydrogens is 290 g/mol. The summed E-state index contributed by atoms with van der Waals surface area (Å²) in [6, 6.07) is 0.245. The molecule has 0 aliphatic carbocycles. The van der Waals surface area contributed by atoms with E-state index in [1.165, 1.54) is 23.6 Å². The quantitative estimate of drug-likeness (QED) is 0.743. The van der Waals surface area contributed by atoms with Gasteiger partial charge in [-0.15, -0.1) is 0 Å². The van der Waals surface area contributed by atoms with Crippen LogP contribution >= 0.6 is 0 Å². The van der Waals surface area contributed by atoms with E-state index in [2.05, 4.69) is 16.5 Å². The summed E-state index contributed by atoms with van der Waals surface area (Å²) >= 11 is 0. The standard InChI is InChI=1S/C14H29N3O3S/c1-13(16-7-3-2-4-8-16)11-15-21(19,20)17-9-5-14(12-18)6-10-17/h13-15,18H,2-12H2,1H3. The summed E-state index contributed by atoms with van der Waals surface area (Å²) in [6.45, 7) is 5.90. The van der Waals surface area contributed by atoms with Gasteiger partial charge >= 0.3 is 0 Å². The first kappa shape index (κ1) is 17.1. The molecule has 0 amide bonds. The van der Waals surface area contributed by atoms with E-state index in [-0.39, 0.29) is 18.6 Å². The topological polar surface area (TPSA) is 72.9 Å². The van der Waals surface area contributed by atoms with Gasteiger partial charge < -0.3 is 5.11 Å². The molecule has 7 heteroatoms. The van der Waals surface area contributed by atoms with Gasteiger partial charge in [-0.3, -0.25) is 4.90 Å². The molecule has 2 aliphatic heterocycles. The maximum Gasteiger partial charge on any atom is 0.279 e. The van der Waals surface area contributed by atoms with Crippen LogP contribution in [-0.4, -0.2) is 68.1 Å². The molecule has 21 heavy (non-hydrogen) atoms. The predicted molar refractivity (Wildman–Crippen MR) is 83.2 cm³/mol. The molecule has 2 heterocycles. The minimum absolute atomic E-state index is 0.160. The molecule has 2 aliphatic rings. The molecule has 0 aromatic rings. The van der Waals surface area contributed by atoms with Gasteiger partial charge in [0, 0.05) is 32.3 Å². The number of nitrogens with zero attached hydrogens (tertiary/aromatic N) is 2. The number of likely N-dealkylation sites (tertiary alicyclic amines) is 1. The van der Waals surface area contributed by atoms with Crippen molar-refractivity contribution in [2.24, 2.45) is 5.92 Å². The van der Waals surface area contributed by atoms with Crippen molar-refractivity contribution in [3.05, 3.63) is 0 Å². The van der Waals surface area contributed by atoms with Crippen LogP contribution in [0, 0.1) is 5.92 Å². The van der Waals surface area contributed by atoms with E-state index in [1.807, 2.05) is 0 Å². The molecule has 0 aromatic carbocycles. The highest BCUT2D eigenvalue weighted by atomic mass is 32.2. The van der Waals surface area contributed by atoms with Crippen molar-refractivity contribution in [1.29, 1.82) is 0 Å². The second-order valence-corrected chi connectivity index (χ2v) is 8.08. The van der Waals surface area contributed by atoms with Crippen molar-refractivity contribution in [3.8, 4) is 0 Å². The third-order valence-electron chi connectivity index (χ3n) is 4.75. The summed E-state index contributed by atoms with van der Waals surface area (Å²) in [5.74, 6) is 0.253. The van der Waals surface area contributed by atoms with Crippen LogP contribution in [0.4, 0.5) is 0 Å². The lowest BCUT2D eigenvalue weighted by atomic mass is 10.00. The van der Waals surface area contributed by atoms with Crippen LogP contribution in [0.2, 0.25) is 0 Å². The molecule has 0 spiro atoms. The Kier molecular flexibility index (Phi) is 6.43. The molecule has 0 saturated carbocycles. The first-order valence-electron chi connectivity index (χ1n) is 8.12. The SMILES string of the molecule is CC(CNS(=O)(=O)N1CCC(CO)CC1)N1CCCCC1. The molecule has 6 nitrogen and oxygen atoms in total. The average Bonchev–Trinajstić information content (AvgIpc) is 2.53. The van der Waals surface area contributed by atoms with E-state index in [4.69, 9.17) is 5.11 Å². The van der Waals surface area contributed by atoms with Crippen LogP contribution in [0.25, 0.3) is 0 Å². The summed E-state index contributed by atoms with van der Waals surface area (Å²) < 4.78 is 28.9. The lowest BCUT2D eigenvalue weighted by molar-refractivity contribution is 0.166. The first-order chi connectivity index (χ1) is 10.0. The Morgan fingerprint density at radius 3 is 2.33 bits per heavy atom. The van der Waals surface area contributed by atoms with Gasteiger partial charge in [0.1, 0.15) is 0 Å². The Morgan fingerprint density at radius 2 is 1.76 bits per heavy atom. The fourth-order valence-electron chi connectivity index (χ4n) is 3.14. The number of nitrogens with one attached hydrogen (secondary N) is 1. The third-order valence-corrected chi connectivity index (χ3v) is 6.32. The van der Waals surface area contributed by atoms with E-state index in [0.717, 1.165) is 25.9 Å². The van der Waals surface area contributed by atoms with Crippen molar-refractivity contribution >= 4 is 10.2 Å². The van der Waals surface area contributed by atoms with Crippen molar-refractivity contribution in [2.45, 2.75) is 45.1 Å². The molecule has 1 unspecified atom stereocenters. The maximum absolute atomic E-state index is 12.3. The summed E-state index contributed by atoms with van der Waals surface area (Å²) in [4.78, 5) is 2.37. The van der Waals surface area contributed by atoms with Gasteiger partial charge in [0.05, 0.1) is 0 Å². The number of aliphatic hydroxyl groups excluding tert-OH is 1. The Labute approximate surface area is 128 Å². The molecule has 0 radical (unpaired) electrons. The van der Waals surface area contributed by atoms with Crippen LogP contribution in [0.1, 0.15) is 39.0 Å². The molecule has 2 rings (SSSR count). The molecule has 2 fully saturated rings. The van der Waals surface area contributed by atoms with Crippen molar-refractivity contribution in [2.75, 3.05) is 39.3 Å². The lowest BCUT2D eigenvalue weighted by Gasteiger charge is -2.34. The third kappa shape index (κ3) is 4.89. The molecule has 2 N–H and O–H groups in total. The van der Waals surface area contributed by atoms with Crippen LogP contribution in [-0.2, 0) is 10.2 Å². The highest BCUT2D eigenvalue weighted by Gasteiger charge is 2.28. The Bertz CT molecular complexity index is 402. The molecule has 2 saturated heterocycles. The average molecular weight is 319 g/mol. The lowest BCUT2D eigenvalue weighted by Crippen LogP contribution is -2.50. The highest BCUT2D eigenvalue weighted by Crippen LogP contribution is 2.18. The largest absolute Gasteiger partial charge is 0.396 e.